The maximum Gasteiger partial charge on any atom is 2.00 e. The maximum atomic E-state index is 8.58. The molecule has 0 aliphatic heterocycles. The van der Waals surface area contributed by atoms with Crippen LogP contribution in [0, 0.1) is 44.6 Å². The van der Waals surface area contributed by atoms with Crippen molar-refractivity contribution in [3.8, 4) is 0 Å². The van der Waals surface area contributed by atoms with Crippen molar-refractivity contribution in [1.29, 1.82) is 0 Å². The molecule has 0 spiro atoms. The molecule has 0 amide bonds. The van der Waals surface area contributed by atoms with E-state index >= 15 is 0 Å². The van der Waals surface area contributed by atoms with Gasteiger partial charge in [0.15, 0.2) is 0 Å². The summed E-state index contributed by atoms with van der Waals surface area (Å²) in [5.41, 5.74) is -4.40. The van der Waals surface area contributed by atoms with Gasteiger partial charge in [0, 0.05) is 44.8 Å². The molecule has 0 rings (SSSR count). The van der Waals surface area contributed by atoms with Crippen LogP contribution in [-0.2, 0) is 110 Å². The van der Waals surface area contributed by atoms with Crippen LogP contribution in [0.3, 0.4) is 0 Å². The Hall–Kier alpha value is 3.05. The van der Waals surface area contributed by atoms with Crippen molar-refractivity contribution in [3.05, 3.63) is 44.6 Å². The molecular weight excluding hydrogens is 1580 g/mol. The van der Waals surface area contributed by atoms with Crippen LogP contribution >= 0.6 is 0 Å². The van der Waals surface area contributed by atoms with Crippen LogP contribution in [0.5, 0.6) is 0 Å². The summed E-state index contributed by atoms with van der Waals surface area (Å²) >= 11 is 1.19. The van der Waals surface area contributed by atoms with Gasteiger partial charge in [-0.3, -0.25) is 0 Å². The Balaban J connectivity index is -0.0000000106. The van der Waals surface area contributed by atoms with Gasteiger partial charge >= 0.3 is 70.1 Å². The average Bonchev–Trinajstić information content (AvgIpc) is 2.44. The van der Waals surface area contributed by atoms with Crippen LogP contribution in [-0.4, -0.2) is 124 Å². The average molecular weight is 1690 g/mol. The van der Waals surface area contributed by atoms with Crippen LogP contribution in [0.15, 0.2) is 0 Å². The second kappa shape index (κ2) is 73.4. The van der Waals surface area contributed by atoms with Gasteiger partial charge in [0.2, 0.25) is 0 Å². The molecule has 0 fully saturated rings. The van der Waals surface area contributed by atoms with Gasteiger partial charge in [-0.25, -0.2) is 0 Å². The van der Waals surface area contributed by atoms with Gasteiger partial charge in [0.05, 0.1) is 51.4 Å². The third-order valence-electron chi connectivity index (χ3n) is 0.387. The minimum absolute atomic E-state index is 0. The zero-order valence-electron chi connectivity index (χ0n) is 42.7. The monoisotopic (exact) mass is 1690 g/mol. The molecule has 0 heterocycles. The summed E-state index contributed by atoms with van der Waals surface area (Å²) in [4.78, 5) is 0. The molecule has 57 heavy (non-hydrogen) atoms. The molecule has 0 saturated carbocycles. The van der Waals surface area contributed by atoms with Crippen molar-refractivity contribution in [2.24, 2.45) is 0 Å². The van der Waals surface area contributed by atoms with E-state index in [9.17, 15) is 0 Å². The first-order valence-corrected chi connectivity index (χ1v) is 16.5. The second-order valence-electron chi connectivity index (χ2n) is 17.2. The number of aliphatic hydroxyl groups excluding tert-OH is 1. The van der Waals surface area contributed by atoms with Crippen LogP contribution in [0.2, 0.25) is 0 Å². The van der Waals surface area contributed by atoms with E-state index in [1.807, 2.05) is 0 Å². The molecule has 17 N–H and O–H groups in total. The van der Waals surface area contributed by atoms with Gasteiger partial charge in [-0.05, 0) is 159 Å². The van der Waals surface area contributed by atoms with Gasteiger partial charge in [-0.15, -0.1) is 0 Å². The molecule has 0 aromatic carbocycles. The predicted molar refractivity (Wildman–Crippen MR) is 237 cm³/mol. The van der Waals surface area contributed by atoms with Crippen LogP contribution in [0.25, 0.3) is 0 Å². The van der Waals surface area contributed by atoms with E-state index in [-0.39, 0.29) is 163 Å². The molecule has 0 saturated heterocycles. The minimum atomic E-state index is -0.903. The smallest absolute Gasteiger partial charge is 0.358 e. The Morgan fingerprint density at radius 1 is 0.298 bits per heavy atom. The number of aliphatic hydroxyl groups is 9. The van der Waals surface area contributed by atoms with Crippen molar-refractivity contribution >= 4 is 4.73 Å². The fourth-order valence-electron chi connectivity index (χ4n) is 0. The van der Waals surface area contributed by atoms with E-state index in [1.165, 1.54) is 20.6 Å². The zero-order valence-corrected chi connectivity index (χ0v) is 58.7. The summed E-state index contributed by atoms with van der Waals surface area (Å²) in [6.07, 6.45) is 0. The van der Waals surface area contributed by atoms with Crippen molar-refractivity contribution in [2.75, 3.05) is 6.61 Å². The van der Waals surface area contributed by atoms with Gasteiger partial charge in [0.25, 0.3) is 0 Å². The first-order valence-electron chi connectivity index (χ1n) is 14.3. The largest absolute Gasteiger partial charge is 2.00 e. The zero-order chi connectivity index (χ0) is 38.7. The van der Waals surface area contributed by atoms with Crippen molar-refractivity contribution in [1.82, 2.24) is 0 Å². The molecule has 18 heteroatoms. The van der Waals surface area contributed by atoms with E-state index in [0.717, 1.165) is 0 Å². The Labute approximate surface area is 433 Å². The minimum Gasteiger partial charge on any atom is -0.358 e. The SMILES string of the molecule is CC(C)(C)O.CC(C)(C)O.CC(C)(C)O.CC(C)(C)O.CC(C)(C)O.CC(C)(C)O.CC(C)(C)O.CC(C)(O)CO.O.O.O.O.[CH2]=[Ta].[CH3-].[CH3-].[CH3-].[CH3-].[CH3-].[CH3-].[Ta+2].[Ta+2].[Ta].[Ta]. The Morgan fingerprint density at radius 3 is 0.316 bits per heavy atom. The van der Waals surface area contributed by atoms with Crippen LogP contribution in [0.1, 0.15) is 159 Å². The summed E-state index contributed by atoms with van der Waals surface area (Å²) in [7, 11) is 0. The standard InChI is InChI=1S/C4H10O2.7C4H10O.6CH3.CH2.4H2O.5Ta/c1-4(2,6)3-5;7*1-4(2,3)5;;;;;;;;;;;;;;;;/h5-6H,3H2,1-2H3;7*5H,1-3H3;6*1H3;5*1H2;;;;;/q;;;;;;;;6*-1;;;;;;;;;2*+2. The molecule has 0 aromatic rings. The van der Waals surface area contributed by atoms with E-state index in [1.54, 1.807) is 159 Å². The van der Waals surface area contributed by atoms with Gasteiger partial charge in [-0.1, -0.05) is 0 Å². The normalized spacial score (nSPS) is 8.68. The first-order chi connectivity index (χ1) is 17.6. The molecule has 0 aliphatic carbocycles. The van der Waals surface area contributed by atoms with Crippen LogP contribution < -0.4 is 0 Å². The van der Waals surface area contributed by atoms with Gasteiger partial charge in [-0.2, -0.15) is 0 Å². The number of hydrogen-bond acceptors (Lipinski definition) is 9. The summed E-state index contributed by atoms with van der Waals surface area (Å²) in [5.74, 6) is 0. The second-order valence-corrected chi connectivity index (χ2v) is 17.2. The third-order valence-corrected chi connectivity index (χ3v) is 0.387. The summed E-state index contributed by atoms with van der Waals surface area (Å²) in [6.45, 7) is 39.5. The molecule has 0 unspecified atom stereocenters. The Morgan fingerprint density at radius 2 is 0.316 bits per heavy atom. The summed E-state index contributed by atoms with van der Waals surface area (Å²) < 4.78 is 3.36. The Kier molecular flexibility index (Phi) is 197. The maximum absolute atomic E-state index is 8.58. The third kappa shape index (κ3) is 5250. The molecular formula is C39H108O13Ta5-2. The number of hydrogen-bond donors (Lipinski definition) is 9. The molecule has 4 radical (unpaired) electrons. The van der Waals surface area contributed by atoms with E-state index in [0.29, 0.717) is 0 Å². The van der Waals surface area contributed by atoms with Crippen molar-refractivity contribution in [2.45, 2.75) is 204 Å². The predicted octanol–water partition coefficient (Wildman–Crippen LogP) is 4.55. The molecule has 369 valence electrons. The fraction of sp³-hybridized carbons (Fsp3) is 0.821. The summed E-state index contributed by atoms with van der Waals surface area (Å²) in [5, 5.41) is 76.4. The topological polar surface area (TPSA) is 308 Å². The van der Waals surface area contributed by atoms with Crippen molar-refractivity contribution < 1.29 is 178 Å². The number of rotatable bonds is 1. The Bertz CT molecular complexity index is 395. The first kappa shape index (κ1) is 153. The van der Waals surface area contributed by atoms with Crippen molar-refractivity contribution in [3.63, 3.8) is 0 Å². The molecule has 0 atom stereocenters. The fourth-order valence-corrected chi connectivity index (χ4v) is 0. The molecule has 0 bridgehead atoms. The molecule has 13 nitrogen and oxygen atoms in total. The summed E-state index contributed by atoms with van der Waals surface area (Å²) in [6, 6.07) is 0. The van der Waals surface area contributed by atoms with Crippen LogP contribution in [0.4, 0.5) is 0 Å². The van der Waals surface area contributed by atoms with Gasteiger partial charge in [0.1, 0.15) is 0 Å². The van der Waals surface area contributed by atoms with E-state index in [2.05, 4.69) is 4.73 Å². The van der Waals surface area contributed by atoms with E-state index in [4.69, 9.17) is 46.0 Å². The molecule has 0 aromatic heterocycles. The van der Waals surface area contributed by atoms with Gasteiger partial charge < -0.3 is 112 Å². The molecule has 0 aliphatic rings. The quantitative estimate of drug-likeness (QED) is 0.166. The van der Waals surface area contributed by atoms with E-state index < -0.39 is 44.8 Å².